The summed E-state index contributed by atoms with van der Waals surface area (Å²) in [4.78, 5) is 25.8. The molecule has 1 aliphatic heterocycles. The highest BCUT2D eigenvalue weighted by atomic mass is 35.5. The molecule has 1 aliphatic rings. The third kappa shape index (κ3) is 3.05. The summed E-state index contributed by atoms with van der Waals surface area (Å²) in [6.45, 7) is 0.0150. The van der Waals surface area contributed by atoms with E-state index in [0.717, 1.165) is 0 Å². The lowest BCUT2D eigenvalue weighted by molar-refractivity contribution is -0.117. The van der Waals surface area contributed by atoms with Crippen LogP contribution in [0.15, 0.2) is 65.9 Å². The third-order valence-electron chi connectivity index (χ3n) is 3.47. The second kappa shape index (κ2) is 6.14. The number of nitrogens with zero attached hydrogens (tertiary/aromatic N) is 1. The first kappa shape index (κ1) is 15.1. The van der Waals surface area contributed by atoms with Crippen LogP contribution in [0.5, 0.6) is 0 Å². The summed E-state index contributed by atoms with van der Waals surface area (Å²) in [6, 6.07) is 15.5. The molecule has 0 unspecified atom stereocenters. The normalized spacial score (nSPS) is 14.3. The van der Waals surface area contributed by atoms with Gasteiger partial charge < -0.3 is 15.3 Å². The molecule has 3 rings (SSSR count). The van der Waals surface area contributed by atoms with Crippen molar-refractivity contribution in [1.82, 2.24) is 0 Å². The number of aliphatic hydroxyl groups is 1. The maximum Gasteiger partial charge on any atom is 0.293 e. The molecule has 0 radical (unpaired) electrons. The molecule has 0 saturated carbocycles. The Morgan fingerprint density at radius 3 is 2.57 bits per heavy atom. The number of carbonyl (C=O) groups is 2. The van der Waals surface area contributed by atoms with Crippen LogP contribution in [0, 0.1) is 0 Å². The van der Waals surface area contributed by atoms with E-state index in [1.807, 2.05) is 6.07 Å². The summed E-state index contributed by atoms with van der Waals surface area (Å²) in [7, 11) is 0. The lowest BCUT2D eigenvalue weighted by atomic mass is 10.2. The fourth-order valence-electron chi connectivity index (χ4n) is 2.33. The average molecular weight is 329 g/mol. The van der Waals surface area contributed by atoms with Crippen LogP contribution >= 0.6 is 11.6 Å². The Hall–Kier alpha value is -2.79. The maximum absolute atomic E-state index is 12.3. The molecular formula is C17H13ClN2O3. The maximum atomic E-state index is 12.3. The van der Waals surface area contributed by atoms with Crippen molar-refractivity contribution in [2.45, 2.75) is 0 Å². The van der Waals surface area contributed by atoms with E-state index in [-0.39, 0.29) is 12.1 Å². The Labute approximate surface area is 137 Å². The zero-order valence-electron chi connectivity index (χ0n) is 12.0. The summed E-state index contributed by atoms with van der Waals surface area (Å²) in [5, 5.41) is 13.1. The molecule has 0 aliphatic carbocycles. The summed E-state index contributed by atoms with van der Waals surface area (Å²) in [5.41, 5.74) is 1.14. The van der Waals surface area contributed by atoms with Gasteiger partial charge in [-0.3, -0.25) is 9.59 Å². The van der Waals surface area contributed by atoms with Crippen LogP contribution in [0.2, 0.25) is 5.02 Å². The van der Waals surface area contributed by atoms with Crippen LogP contribution in [0.25, 0.3) is 0 Å². The number of amides is 2. The van der Waals surface area contributed by atoms with Gasteiger partial charge in [-0.2, -0.15) is 0 Å². The van der Waals surface area contributed by atoms with Crippen molar-refractivity contribution in [3.8, 4) is 0 Å². The predicted octanol–water partition coefficient (Wildman–Crippen LogP) is 3.14. The van der Waals surface area contributed by atoms with Crippen LogP contribution in [0.1, 0.15) is 0 Å². The van der Waals surface area contributed by atoms with E-state index in [4.69, 9.17) is 11.6 Å². The number of carbonyl (C=O) groups excluding carboxylic acids is 2. The van der Waals surface area contributed by atoms with Gasteiger partial charge in [0.2, 0.25) is 0 Å². The van der Waals surface area contributed by atoms with Gasteiger partial charge in [0.05, 0.1) is 12.1 Å². The highest BCUT2D eigenvalue weighted by molar-refractivity contribution is 6.31. The topological polar surface area (TPSA) is 69.6 Å². The SMILES string of the molecule is O=C(Nc1cccc(Cl)c1)C1=C(O)C(=O)N(c2ccccc2)C1. The Morgan fingerprint density at radius 2 is 1.87 bits per heavy atom. The van der Waals surface area contributed by atoms with Crippen molar-refractivity contribution in [2.24, 2.45) is 0 Å². The number of nitrogens with one attached hydrogen (secondary N) is 1. The second-order valence-electron chi connectivity index (χ2n) is 5.02. The number of benzene rings is 2. The smallest absolute Gasteiger partial charge is 0.293 e. The highest BCUT2D eigenvalue weighted by Crippen LogP contribution is 2.25. The minimum Gasteiger partial charge on any atom is -0.503 e. The monoisotopic (exact) mass is 328 g/mol. The fourth-order valence-corrected chi connectivity index (χ4v) is 2.52. The van der Waals surface area contributed by atoms with Gasteiger partial charge in [-0.25, -0.2) is 0 Å². The number of aliphatic hydroxyl groups excluding tert-OH is 1. The molecule has 2 aromatic rings. The number of halogens is 1. The summed E-state index contributed by atoms with van der Waals surface area (Å²) < 4.78 is 0. The molecule has 2 amide bonds. The molecule has 0 bridgehead atoms. The average Bonchev–Trinajstić information content (AvgIpc) is 2.84. The van der Waals surface area contributed by atoms with Crippen LogP contribution in [-0.2, 0) is 9.59 Å². The standard InChI is InChI=1S/C17H13ClN2O3/c18-11-5-4-6-12(9-11)19-16(22)14-10-20(17(23)15(14)21)13-7-2-1-3-8-13/h1-9,21H,10H2,(H,19,22). The van der Waals surface area contributed by atoms with E-state index in [1.54, 1.807) is 48.5 Å². The van der Waals surface area contributed by atoms with Crippen molar-refractivity contribution in [2.75, 3.05) is 16.8 Å². The van der Waals surface area contributed by atoms with Crippen LogP contribution in [-0.4, -0.2) is 23.5 Å². The second-order valence-corrected chi connectivity index (χ2v) is 5.45. The lowest BCUT2D eigenvalue weighted by Crippen LogP contribution is -2.27. The summed E-state index contributed by atoms with van der Waals surface area (Å²) in [5.74, 6) is -1.66. The van der Waals surface area contributed by atoms with Gasteiger partial charge in [-0.05, 0) is 30.3 Å². The third-order valence-corrected chi connectivity index (χ3v) is 3.71. The number of hydrogen-bond donors (Lipinski definition) is 2. The van der Waals surface area contributed by atoms with Gasteiger partial charge >= 0.3 is 0 Å². The molecule has 0 spiro atoms. The minimum absolute atomic E-state index is 0.0150. The fraction of sp³-hybridized carbons (Fsp3) is 0.0588. The molecule has 0 saturated heterocycles. The van der Waals surface area contributed by atoms with E-state index < -0.39 is 17.6 Å². The lowest BCUT2D eigenvalue weighted by Gasteiger charge is -2.15. The van der Waals surface area contributed by atoms with Gasteiger partial charge in [0.1, 0.15) is 0 Å². The largest absolute Gasteiger partial charge is 0.503 e. The molecule has 116 valence electrons. The van der Waals surface area contributed by atoms with Gasteiger partial charge in [-0.15, -0.1) is 0 Å². The Kier molecular flexibility index (Phi) is 4.04. The van der Waals surface area contributed by atoms with E-state index >= 15 is 0 Å². The molecule has 0 fully saturated rings. The number of anilines is 2. The molecule has 6 heteroatoms. The molecule has 0 aromatic heterocycles. The molecule has 23 heavy (non-hydrogen) atoms. The van der Waals surface area contributed by atoms with Crippen LogP contribution in [0.3, 0.4) is 0 Å². The van der Waals surface area contributed by atoms with Crippen LogP contribution < -0.4 is 10.2 Å². The zero-order valence-corrected chi connectivity index (χ0v) is 12.7. The molecular weight excluding hydrogens is 316 g/mol. The van der Waals surface area contributed by atoms with Gasteiger partial charge in [0.25, 0.3) is 11.8 Å². The number of para-hydroxylation sites is 1. The van der Waals surface area contributed by atoms with Gasteiger partial charge in [0.15, 0.2) is 5.76 Å². The molecule has 2 N–H and O–H groups in total. The van der Waals surface area contributed by atoms with Crippen molar-refractivity contribution < 1.29 is 14.7 Å². The first-order chi connectivity index (χ1) is 11.1. The van der Waals surface area contributed by atoms with E-state index in [1.165, 1.54) is 4.90 Å². The first-order valence-corrected chi connectivity index (χ1v) is 7.30. The van der Waals surface area contributed by atoms with Crippen LogP contribution in [0.4, 0.5) is 11.4 Å². The predicted molar refractivity (Wildman–Crippen MR) is 88.5 cm³/mol. The number of rotatable bonds is 3. The van der Waals surface area contributed by atoms with Gasteiger partial charge in [-0.1, -0.05) is 35.9 Å². The molecule has 5 nitrogen and oxygen atoms in total. The van der Waals surface area contributed by atoms with E-state index in [0.29, 0.717) is 16.4 Å². The van der Waals surface area contributed by atoms with Crippen molar-refractivity contribution in [3.05, 3.63) is 71.0 Å². The summed E-state index contributed by atoms with van der Waals surface area (Å²) >= 11 is 5.87. The van der Waals surface area contributed by atoms with E-state index in [9.17, 15) is 14.7 Å². The molecule has 1 heterocycles. The molecule has 2 aromatic carbocycles. The first-order valence-electron chi connectivity index (χ1n) is 6.92. The van der Waals surface area contributed by atoms with Crippen molar-refractivity contribution >= 4 is 34.8 Å². The minimum atomic E-state index is -0.590. The van der Waals surface area contributed by atoms with E-state index in [2.05, 4.69) is 5.32 Å². The zero-order chi connectivity index (χ0) is 16.4. The highest BCUT2D eigenvalue weighted by Gasteiger charge is 2.34. The quantitative estimate of drug-likeness (QED) is 0.909. The van der Waals surface area contributed by atoms with Crippen molar-refractivity contribution in [1.29, 1.82) is 0 Å². The summed E-state index contributed by atoms with van der Waals surface area (Å²) in [6.07, 6.45) is 0. The van der Waals surface area contributed by atoms with Gasteiger partial charge in [0, 0.05) is 16.4 Å². The molecule has 0 atom stereocenters. The Balaban J connectivity index is 1.80. The Bertz CT molecular complexity index is 802. The van der Waals surface area contributed by atoms with Crippen molar-refractivity contribution in [3.63, 3.8) is 0 Å². The number of hydrogen-bond acceptors (Lipinski definition) is 3. The Morgan fingerprint density at radius 1 is 1.13 bits per heavy atom.